The van der Waals surface area contributed by atoms with Crippen LogP contribution < -0.4 is 10.1 Å². The van der Waals surface area contributed by atoms with E-state index in [1.54, 1.807) is 18.5 Å². The molecule has 0 bridgehead atoms. The number of aromatic carboxylic acids is 1. The second-order valence-corrected chi connectivity index (χ2v) is 7.33. The molecule has 0 atom stereocenters. The summed E-state index contributed by atoms with van der Waals surface area (Å²) >= 11 is 0. The number of carboxylic acids is 1. The van der Waals surface area contributed by atoms with Crippen molar-refractivity contribution in [2.75, 3.05) is 20.3 Å². The zero-order chi connectivity index (χ0) is 23.5. The van der Waals surface area contributed by atoms with Gasteiger partial charge in [0.05, 0.1) is 24.8 Å². The Labute approximate surface area is 189 Å². The summed E-state index contributed by atoms with van der Waals surface area (Å²) in [7, 11) is 1.19. The number of benzene rings is 1. The molecule has 0 spiro atoms. The Morgan fingerprint density at radius 2 is 2.03 bits per heavy atom. The number of carbonyl (C=O) groups is 3. The molecule has 10 nitrogen and oxygen atoms in total. The SMILES string of the molecule is CCCNC(=O)c1ccc(-c2cc3c(cc2C(=O)O)-c2nccn2CCO3)c(C(=O)OC)n1. The maximum absolute atomic E-state index is 12.5. The second-order valence-electron chi connectivity index (χ2n) is 7.33. The molecule has 1 aliphatic rings. The minimum atomic E-state index is -1.20. The lowest BCUT2D eigenvalue weighted by molar-refractivity contribution is 0.0593. The van der Waals surface area contributed by atoms with Gasteiger partial charge >= 0.3 is 11.9 Å². The summed E-state index contributed by atoms with van der Waals surface area (Å²) in [5.41, 5.74) is 0.752. The van der Waals surface area contributed by atoms with E-state index in [0.717, 1.165) is 6.42 Å². The third-order valence-corrected chi connectivity index (χ3v) is 5.23. The van der Waals surface area contributed by atoms with Gasteiger partial charge in [0.15, 0.2) is 5.69 Å². The fourth-order valence-electron chi connectivity index (χ4n) is 3.65. The number of carboxylic acid groups (broad SMARTS) is 1. The number of nitrogens with zero attached hydrogens (tertiary/aromatic N) is 3. The highest BCUT2D eigenvalue weighted by Gasteiger charge is 2.26. The fourth-order valence-corrected chi connectivity index (χ4v) is 3.65. The molecule has 3 heterocycles. The summed E-state index contributed by atoms with van der Waals surface area (Å²) in [5, 5.41) is 12.7. The summed E-state index contributed by atoms with van der Waals surface area (Å²) in [6.45, 7) is 3.28. The Morgan fingerprint density at radius 1 is 1.21 bits per heavy atom. The lowest BCUT2D eigenvalue weighted by Crippen LogP contribution is -2.25. The number of hydrogen-bond donors (Lipinski definition) is 2. The number of methoxy groups -OCH3 is 1. The predicted octanol–water partition coefficient (Wildman–Crippen LogP) is 2.63. The lowest BCUT2D eigenvalue weighted by atomic mass is 9.94. The minimum Gasteiger partial charge on any atom is -0.491 e. The molecule has 0 saturated carbocycles. The van der Waals surface area contributed by atoms with E-state index in [1.165, 1.54) is 25.3 Å². The molecule has 0 saturated heterocycles. The van der Waals surface area contributed by atoms with Gasteiger partial charge in [0.2, 0.25) is 0 Å². The van der Waals surface area contributed by atoms with Crippen LogP contribution in [-0.4, -0.2) is 57.7 Å². The van der Waals surface area contributed by atoms with Crippen LogP contribution in [0.1, 0.15) is 44.7 Å². The Hall–Kier alpha value is -4.21. The van der Waals surface area contributed by atoms with E-state index in [0.29, 0.717) is 36.8 Å². The number of fused-ring (bicyclic) bond motifs is 3. The summed E-state index contributed by atoms with van der Waals surface area (Å²) < 4.78 is 12.6. The van der Waals surface area contributed by atoms with Gasteiger partial charge in [0, 0.05) is 30.1 Å². The van der Waals surface area contributed by atoms with E-state index in [-0.39, 0.29) is 28.1 Å². The van der Waals surface area contributed by atoms with Crippen molar-refractivity contribution in [2.24, 2.45) is 0 Å². The van der Waals surface area contributed by atoms with Gasteiger partial charge in [-0.05, 0) is 30.7 Å². The highest BCUT2D eigenvalue weighted by Crippen LogP contribution is 2.39. The van der Waals surface area contributed by atoms with Crippen LogP contribution in [0.2, 0.25) is 0 Å². The molecule has 2 N–H and O–H groups in total. The molecule has 4 rings (SSSR count). The zero-order valence-corrected chi connectivity index (χ0v) is 18.1. The molecule has 33 heavy (non-hydrogen) atoms. The van der Waals surface area contributed by atoms with Crippen molar-refractivity contribution >= 4 is 17.8 Å². The third-order valence-electron chi connectivity index (χ3n) is 5.23. The van der Waals surface area contributed by atoms with Crippen molar-refractivity contribution in [3.8, 4) is 28.3 Å². The van der Waals surface area contributed by atoms with Crippen molar-refractivity contribution < 1.29 is 29.0 Å². The van der Waals surface area contributed by atoms with Gasteiger partial charge in [-0.2, -0.15) is 0 Å². The monoisotopic (exact) mass is 450 g/mol. The van der Waals surface area contributed by atoms with Crippen LogP contribution in [0.25, 0.3) is 22.5 Å². The van der Waals surface area contributed by atoms with E-state index >= 15 is 0 Å². The number of esters is 1. The fraction of sp³-hybridized carbons (Fsp3) is 0.261. The minimum absolute atomic E-state index is 0.0255. The Balaban J connectivity index is 1.90. The molecule has 0 fully saturated rings. The number of hydrogen-bond acceptors (Lipinski definition) is 7. The summed E-state index contributed by atoms with van der Waals surface area (Å²) in [4.78, 5) is 45.6. The summed E-state index contributed by atoms with van der Waals surface area (Å²) in [5.74, 6) is -1.41. The quantitative estimate of drug-likeness (QED) is 0.548. The molecule has 0 radical (unpaired) electrons. The first-order chi connectivity index (χ1) is 15.9. The van der Waals surface area contributed by atoms with E-state index in [9.17, 15) is 19.5 Å². The van der Waals surface area contributed by atoms with Gasteiger partial charge in [-0.25, -0.2) is 19.6 Å². The molecule has 1 amide bonds. The Kier molecular flexibility index (Phi) is 6.07. The summed E-state index contributed by atoms with van der Waals surface area (Å²) in [6.07, 6.45) is 4.17. The topological polar surface area (TPSA) is 133 Å². The molecule has 10 heteroatoms. The van der Waals surface area contributed by atoms with Crippen molar-refractivity contribution in [3.63, 3.8) is 0 Å². The number of rotatable bonds is 6. The molecule has 2 aromatic heterocycles. The molecule has 1 aliphatic heterocycles. The van der Waals surface area contributed by atoms with Crippen LogP contribution in [-0.2, 0) is 11.3 Å². The zero-order valence-electron chi connectivity index (χ0n) is 18.1. The van der Waals surface area contributed by atoms with Gasteiger partial charge in [-0.3, -0.25) is 4.79 Å². The number of ether oxygens (including phenoxy) is 2. The normalized spacial score (nSPS) is 12.1. The summed E-state index contributed by atoms with van der Waals surface area (Å²) in [6, 6.07) is 5.97. The smallest absolute Gasteiger partial charge is 0.357 e. The van der Waals surface area contributed by atoms with E-state index in [2.05, 4.69) is 15.3 Å². The maximum atomic E-state index is 12.5. The van der Waals surface area contributed by atoms with E-state index in [1.807, 2.05) is 11.5 Å². The van der Waals surface area contributed by atoms with Crippen LogP contribution in [0.5, 0.6) is 5.75 Å². The largest absolute Gasteiger partial charge is 0.491 e. The highest BCUT2D eigenvalue weighted by atomic mass is 16.5. The first kappa shape index (κ1) is 22.0. The molecule has 1 aromatic carbocycles. The standard InChI is InChI=1S/C23H22N4O6/c1-3-6-25-21(28)17-5-4-13(19(26-17)23(31)32-2)14-12-18-16(11-15(14)22(29)30)20-24-7-8-27(20)9-10-33-18/h4-5,7-8,11-12H,3,6,9-10H2,1-2H3,(H,25,28)(H,29,30). The maximum Gasteiger partial charge on any atom is 0.357 e. The molecular weight excluding hydrogens is 428 g/mol. The predicted molar refractivity (Wildman–Crippen MR) is 117 cm³/mol. The number of aromatic nitrogens is 3. The van der Waals surface area contributed by atoms with Crippen molar-refractivity contribution in [1.29, 1.82) is 0 Å². The average molecular weight is 450 g/mol. The number of carbonyl (C=O) groups excluding carboxylic acids is 2. The van der Waals surface area contributed by atoms with Gasteiger partial charge in [0.1, 0.15) is 23.9 Å². The highest BCUT2D eigenvalue weighted by molar-refractivity contribution is 6.04. The Morgan fingerprint density at radius 3 is 2.76 bits per heavy atom. The molecule has 3 aromatic rings. The van der Waals surface area contributed by atoms with Crippen molar-refractivity contribution in [1.82, 2.24) is 19.9 Å². The second kappa shape index (κ2) is 9.11. The number of amides is 1. The lowest BCUT2D eigenvalue weighted by Gasteiger charge is -2.15. The van der Waals surface area contributed by atoms with E-state index in [4.69, 9.17) is 9.47 Å². The third kappa shape index (κ3) is 4.14. The van der Waals surface area contributed by atoms with Crippen LogP contribution >= 0.6 is 0 Å². The van der Waals surface area contributed by atoms with Crippen molar-refractivity contribution in [3.05, 3.63) is 53.6 Å². The molecule has 170 valence electrons. The number of imidazole rings is 1. The molecular formula is C23H22N4O6. The van der Waals surface area contributed by atoms with Gasteiger partial charge < -0.3 is 24.5 Å². The van der Waals surface area contributed by atoms with Gasteiger partial charge in [-0.15, -0.1) is 0 Å². The molecule has 0 aliphatic carbocycles. The van der Waals surface area contributed by atoms with Crippen LogP contribution in [0.15, 0.2) is 36.7 Å². The Bertz CT molecular complexity index is 1250. The first-order valence-electron chi connectivity index (χ1n) is 10.4. The van der Waals surface area contributed by atoms with Gasteiger partial charge in [0.25, 0.3) is 5.91 Å². The van der Waals surface area contributed by atoms with Crippen molar-refractivity contribution in [2.45, 2.75) is 19.9 Å². The number of nitrogens with one attached hydrogen (secondary N) is 1. The first-order valence-corrected chi connectivity index (χ1v) is 10.4. The number of pyridine rings is 1. The van der Waals surface area contributed by atoms with Crippen LogP contribution in [0.3, 0.4) is 0 Å². The average Bonchev–Trinajstić information content (AvgIpc) is 3.22. The van der Waals surface area contributed by atoms with Crippen LogP contribution in [0.4, 0.5) is 0 Å². The van der Waals surface area contributed by atoms with Gasteiger partial charge in [-0.1, -0.05) is 6.92 Å². The van der Waals surface area contributed by atoms with E-state index < -0.39 is 17.8 Å². The molecule has 0 unspecified atom stereocenters. The van der Waals surface area contributed by atoms with Crippen LogP contribution in [0, 0.1) is 0 Å².